The van der Waals surface area contributed by atoms with Crippen LogP contribution in [0.5, 0.6) is 0 Å². The molecule has 0 amide bonds. The molecule has 0 aliphatic heterocycles. The van der Waals surface area contributed by atoms with E-state index in [0.717, 1.165) is 12.2 Å². The van der Waals surface area contributed by atoms with Crippen molar-refractivity contribution < 1.29 is 0 Å². The highest BCUT2D eigenvalue weighted by Crippen LogP contribution is 2.29. The highest BCUT2D eigenvalue weighted by atomic mass is 35.5. The van der Waals surface area contributed by atoms with E-state index < -0.39 is 0 Å². The van der Waals surface area contributed by atoms with Gasteiger partial charge in [-0.05, 0) is 31.7 Å². The Bertz CT molecular complexity index is 374. The molecule has 0 atom stereocenters. The summed E-state index contributed by atoms with van der Waals surface area (Å²) in [6.07, 6.45) is 1.02. The Kier molecular flexibility index (Phi) is 3.92. The molecule has 96 valence electrons. The van der Waals surface area contributed by atoms with E-state index in [1.165, 1.54) is 0 Å². The third-order valence-electron chi connectivity index (χ3n) is 2.26. The van der Waals surface area contributed by atoms with E-state index >= 15 is 0 Å². The summed E-state index contributed by atoms with van der Waals surface area (Å²) in [7, 11) is 0. The molecule has 1 aromatic rings. The average Bonchev–Trinajstić information content (AvgIpc) is 1.93. The van der Waals surface area contributed by atoms with Gasteiger partial charge in [0.1, 0.15) is 11.0 Å². The Morgan fingerprint density at radius 1 is 1.24 bits per heavy atom. The summed E-state index contributed by atoms with van der Waals surface area (Å²) in [6.45, 7) is 11.0. The number of nitrogens with two attached hydrogens (primary N) is 1. The molecule has 1 rings (SSSR count). The molecule has 0 spiro atoms. The maximum atomic E-state index is 5.88. The molecule has 3 nitrogen and oxygen atoms in total. The van der Waals surface area contributed by atoms with Crippen molar-refractivity contribution in [1.29, 1.82) is 0 Å². The predicted octanol–water partition coefficient (Wildman–Crippen LogP) is 3.94. The first-order valence-corrected chi connectivity index (χ1v) is 6.16. The van der Waals surface area contributed by atoms with E-state index in [9.17, 15) is 0 Å². The molecule has 3 N–H and O–H groups in total. The standard InChI is InChI=1S/C13H22ClN3/c1-12(2,3)8-13(4,5)17-11-7-9(15)6-10(14)16-11/h6-7H,8H2,1-5H3,(H3,15,16,17). The topological polar surface area (TPSA) is 50.9 Å². The molecule has 0 saturated carbocycles. The van der Waals surface area contributed by atoms with Crippen molar-refractivity contribution in [3.63, 3.8) is 0 Å². The van der Waals surface area contributed by atoms with Crippen molar-refractivity contribution in [3.8, 4) is 0 Å². The molecule has 0 unspecified atom stereocenters. The van der Waals surface area contributed by atoms with Gasteiger partial charge in [-0.3, -0.25) is 0 Å². The van der Waals surface area contributed by atoms with E-state index in [0.29, 0.717) is 10.8 Å². The fourth-order valence-corrected chi connectivity index (χ4v) is 2.51. The first-order valence-electron chi connectivity index (χ1n) is 5.79. The number of pyridine rings is 1. The summed E-state index contributed by atoms with van der Waals surface area (Å²) in [5, 5.41) is 3.80. The van der Waals surface area contributed by atoms with Crippen molar-refractivity contribution in [1.82, 2.24) is 4.98 Å². The molecule has 0 aliphatic carbocycles. The highest BCUT2D eigenvalue weighted by Gasteiger charge is 2.25. The molecule has 4 heteroatoms. The lowest BCUT2D eigenvalue weighted by Crippen LogP contribution is -2.35. The minimum absolute atomic E-state index is 0.0532. The summed E-state index contributed by atoms with van der Waals surface area (Å²) in [5.41, 5.74) is 6.56. The van der Waals surface area contributed by atoms with E-state index in [2.05, 4.69) is 44.9 Å². The van der Waals surface area contributed by atoms with Gasteiger partial charge >= 0.3 is 0 Å². The highest BCUT2D eigenvalue weighted by molar-refractivity contribution is 6.29. The molecular formula is C13H22ClN3. The SMILES string of the molecule is CC(C)(C)CC(C)(C)Nc1cc(N)cc(Cl)n1. The zero-order valence-corrected chi connectivity index (χ0v) is 12.0. The zero-order chi connectivity index (χ0) is 13.3. The largest absolute Gasteiger partial charge is 0.399 e. The van der Waals surface area contributed by atoms with Crippen LogP contribution in [0.4, 0.5) is 11.5 Å². The van der Waals surface area contributed by atoms with Gasteiger partial charge in [0, 0.05) is 17.3 Å². The van der Waals surface area contributed by atoms with Gasteiger partial charge in [0.05, 0.1) is 0 Å². The summed E-state index contributed by atoms with van der Waals surface area (Å²) in [6, 6.07) is 3.44. The molecule has 0 radical (unpaired) electrons. The lowest BCUT2D eigenvalue weighted by molar-refractivity contribution is 0.302. The van der Waals surface area contributed by atoms with Crippen LogP contribution in [0, 0.1) is 5.41 Å². The van der Waals surface area contributed by atoms with Crippen LogP contribution in [0.25, 0.3) is 0 Å². The summed E-state index contributed by atoms with van der Waals surface area (Å²) in [5.74, 6) is 0.726. The van der Waals surface area contributed by atoms with Gasteiger partial charge in [-0.15, -0.1) is 0 Å². The van der Waals surface area contributed by atoms with Crippen LogP contribution >= 0.6 is 11.6 Å². The second-order valence-corrected chi connectivity index (χ2v) is 6.74. The summed E-state index contributed by atoms with van der Waals surface area (Å²) >= 11 is 5.88. The van der Waals surface area contributed by atoms with E-state index in [4.69, 9.17) is 17.3 Å². The van der Waals surface area contributed by atoms with E-state index in [1.807, 2.05) is 0 Å². The van der Waals surface area contributed by atoms with Crippen molar-refractivity contribution >= 4 is 23.1 Å². The molecule has 1 heterocycles. The van der Waals surface area contributed by atoms with Crippen molar-refractivity contribution in [2.75, 3.05) is 11.1 Å². The Morgan fingerprint density at radius 2 is 1.82 bits per heavy atom. The number of hydrogen-bond donors (Lipinski definition) is 2. The van der Waals surface area contributed by atoms with Gasteiger partial charge in [-0.1, -0.05) is 32.4 Å². The van der Waals surface area contributed by atoms with Crippen LogP contribution in [0.1, 0.15) is 41.0 Å². The van der Waals surface area contributed by atoms with Crippen molar-refractivity contribution in [3.05, 3.63) is 17.3 Å². The Balaban J connectivity index is 2.82. The van der Waals surface area contributed by atoms with Crippen LogP contribution < -0.4 is 11.1 Å². The summed E-state index contributed by atoms with van der Waals surface area (Å²) in [4.78, 5) is 4.22. The monoisotopic (exact) mass is 255 g/mol. The average molecular weight is 256 g/mol. The van der Waals surface area contributed by atoms with Gasteiger partial charge in [-0.2, -0.15) is 0 Å². The maximum absolute atomic E-state index is 5.88. The first-order chi connectivity index (χ1) is 7.57. The fourth-order valence-electron chi connectivity index (χ4n) is 2.30. The molecule has 0 aromatic carbocycles. The number of anilines is 2. The Labute approximate surface area is 109 Å². The van der Waals surface area contributed by atoms with Crippen molar-refractivity contribution in [2.45, 2.75) is 46.6 Å². The smallest absolute Gasteiger partial charge is 0.133 e. The fraction of sp³-hybridized carbons (Fsp3) is 0.615. The molecule has 17 heavy (non-hydrogen) atoms. The second kappa shape index (κ2) is 4.73. The number of hydrogen-bond acceptors (Lipinski definition) is 3. The van der Waals surface area contributed by atoms with Gasteiger partial charge in [0.2, 0.25) is 0 Å². The quantitative estimate of drug-likeness (QED) is 0.805. The second-order valence-electron chi connectivity index (χ2n) is 6.35. The van der Waals surface area contributed by atoms with Crippen molar-refractivity contribution in [2.24, 2.45) is 5.41 Å². The lowest BCUT2D eigenvalue weighted by Gasteiger charge is -2.33. The molecule has 0 aliphatic rings. The minimum atomic E-state index is -0.0532. The number of halogens is 1. The van der Waals surface area contributed by atoms with Crippen LogP contribution in [-0.4, -0.2) is 10.5 Å². The number of nitrogens with one attached hydrogen (secondary N) is 1. The molecule has 0 bridgehead atoms. The molecule has 1 aromatic heterocycles. The lowest BCUT2D eigenvalue weighted by atomic mass is 9.82. The number of aromatic nitrogens is 1. The van der Waals surface area contributed by atoms with Crippen LogP contribution in [0.15, 0.2) is 12.1 Å². The number of rotatable bonds is 3. The normalized spacial score (nSPS) is 12.6. The predicted molar refractivity (Wildman–Crippen MR) is 75.4 cm³/mol. The zero-order valence-electron chi connectivity index (χ0n) is 11.3. The first kappa shape index (κ1) is 14.1. The van der Waals surface area contributed by atoms with Crippen LogP contribution in [-0.2, 0) is 0 Å². The Morgan fingerprint density at radius 3 is 2.29 bits per heavy atom. The third-order valence-corrected chi connectivity index (χ3v) is 2.45. The van der Waals surface area contributed by atoms with Gasteiger partial charge in [0.25, 0.3) is 0 Å². The number of nitrogen functional groups attached to an aromatic ring is 1. The molecule has 0 fully saturated rings. The molecule has 0 saturated heterocycles. The maximum Gasteiger partial charge on any atom is 0.133 e. The number of nitrogens with zero attached hydrogens (tertiary/aromatic N) is 1. The minimum Gasteiger partial charge on any atom is -0.399 e. The van der Waals surface area contributed by atoms with Gasteiger partial charge in [-0.25, -0.2) is 4.98 Å². The van der Waals surface area contributed by atoms with Gasteiger partial charge in [0.15, 0.2) is 0 Å². The Hall–Kier alpha value is -0.960. The van der Waals surface area contributed by atoms with Gasteiger partial charge < -0.3 is 11.1 Å². The van der Waals surface area contributed by atoms with Crippen LogP contribution in [0.2, 0.25) is 5.15 Å². The van der Waals surface area contributed by atoms with E-state index in [1.54, 1.807) is 12.1 Å². The van der Waals surface area contributed by atoms with Crippen LogP contribution in [0.3, 0.4) is 0 Å². The third kappa shape index (κ3) is 5.26. The summed E-state index contributed by atoms with van der Waals surface area (Å²) < 4.78 is 0. The van der Waals surface area contributed by atoms with E-state index in [-0.39, 0.29) is 11.0 Å². The molecular weight excluding hydrogens is 234 g/mol.